The molecule has 0 spiro atoms. The van der Waals surface area contributed by atoms with E-state index in [0.29, 0.717) is 18.7 Å². The van der Waals surface area contributed by atoms with E-state index in [-0.39, 0.29) is 12.5 Å². The van der Waals surface area contributed by atoms with Crippen LogP contribution in [0.15, 0.2) is 24.3 Å². The van der Waals surface area contributed by atoms with Crippen LogP contribution in [0.4, 0.5) is 0 Å². The third kappa shape index (κ3) is 3.12. The molecule has 0 aromatic heterocycles. The van der Waals surface area contributed by atoms with Gasteiger partial charge in [-0.1, -0.05) is 17.7 Å². The molecule has 1 aromatic carbocycles. The van der Waals surface area contributed by atoms with E-state index in [2.05, 4.69) is 4.74 Å². The predicted octanol–water partition coefficient (Wildman–Crippen LogP) is 1.01. The molecule has 5 nitrogen and oxygen atoms in total. The fourth-order valence-electron chi connectivity index (χ4n) is 2.07. The van der Waals surface area contributed by atoms with Crippen molar-refractivity contribution in [3.63, 3.8) is 0 Å². The first-order chi connectivity index (χ1) is 9.11. The molecule has 0 aliphatic carbocycles. The van der Waals surface area contributed by atoms with Gasteiger partial charge in [0.1, 0.15) is 0 Å². The van der Waals surface area contributed by atoms with E-state index in [1.165, 1.54) is 7.11 Å². The van der Waals surface area contributed by atoms with Crippen LogP contribution >= 0.6 is 0 Å². The highest BCUT2D eigenvalue weighted by molar-refractivity contribution is 5.94. The smallest absolute Gasteiger partial charge is 0.336 e. The standard InChI is InChI=1S/C14H17NO4/c1-10-4-3-5-11(8-10)13(16)15-6-7-19-12(9-15)14(17)18-2/h3-5,8,12H,6-7,9H2,1-2H3. The van der Waals surface area contributed by atoms with Gasteiger partial charge in [0.05, 0.1) is 20.3 Å². The number of hydrogen-bond donors (Lipinski definition) is 0. The van der Waals surface area contributed by atoms with Crippen LogP contribution in [0.25, 0.3) is 0 Å². The van der Waals surface area contributed by atoms with Crippen molar-refractivity contribution in [2.45, 2.75) is 13.0 Å². The Bertz CT molecular complexity index is 486. The summed E-state index contributed by atoms with van der Waals surface area (Å²) in [7, 11) is 1.31. The third-order valence-electron chi connectivity index (χ3n) is 3.08. The molecule has 0 bridgehead atoms. The summed E-state index contributed by atoms with van der Waals surface area (Å²) < 4.78 is 9.94. The van der Waals surface area contributed by atoms with Gasteiger partial charge in [-0.25, -0.2) is 4.79 Å². The van der Waals surface area contributed by atoms with E-state index in [1.54, 1.807) is 11.0 Å². The normalized spacial score (nSPS) is 19.1. The molecule has 1 aliphatic heterocycles. The van der Waals surface area contributed by atoms with Gasteiger partial charge >= 0.3 is 5.97 Å². The van der Waals surface area contributed by atoms with E-state index in [9.17, 15) is 9.59 Å². The van der Waals surface area contributed by atoms with Crippen LogP contribution in [0.3, 0.4) is 0 Å². The fourth-order valence-corrected chi connectivity index (χ4v) is 2.07. The molecule has 1 aliphatic rings. The third-order valence-corrected chi connectivity index (χ3v) is 3.08. The highest BCUT2D eigenvalue weighted by Crippen LogP contribution is 2.12. The molecule has 0 saturated carbocycles. The maximum Gasteiger partial charge on any atom is 0.336 e. The number of hydrogen-bond acceptors (Lipinski definition) is 4. The van der Waals surface area contributed by atoms with E-state index >= 15 is 0 Å². The van der Waals surface area contributed by atoms with Crippen LogP contribution in [0, 0.1) is 6.92 Å². The van der Waals surface area contributed by atoms with Gasteiger partial charge in [-0.2, -0.15) is 0 Å². The predicted molar refractivity (Wildman–Crippen MR) is 68.8 cm³/mol. The summed E-state index contributed by atoms with van der Waals surface area (Å²) in [6, 6.07) is 7.40. The summed E-state index contributed by atoms with van der Waals surface area (Å²) >= 11 is 0. The molecule has 1 saturated heterocycles. The van der Waals surface area contributed by atoms with Crippen LogP contribution in [0.2, 0.25) is 0 Å². The SMILES string of the molecule is COC(=O)C1CN(C(=O)c2cccc(C)c2)CCO1. The average Bonchev–Trinajstić information content (AvgIpc) is 2.45. The molecule has 5 heteroatoms. The second kappa shape index (κ2) is 5.84. The minimum absolute atomic E-state index is 0.0825. The number of benzene rings is 1. The van der Waals surface area contributed by atoms with Crippen molar-refractivity contribution in [3.05, 3.63) is 35.4 Å². The Balaban J connectivity index is 2.09. The molecule has 19 heavy (non-hydrogen) atoms. The molecule has 1 atom stereocenters. The molecule has 0 N–H and O–H groups in total. The van der Waals surface area contributed by atoms with Crippen molar-refractivity contribution in [1.29, 1.82) is 0 Å². The topological polar surface area (TPSA) is 55.8 Å². The molecule has 1 fully saturated rings. The Morgan fingerprint density at radius 2 is 2.21 bits per heavy atom. The monoisotopic (exact) mass is 263 g/mol. The molecule has 102 valence electrons. The number of esters is 1. The summed E-state index contributed by atoms with van der Waals surface area (Å²) in [6.07, 6.45) is -0.687. The minimum atomic E-state index is -0.687. The van der Waals surface area contributed by atoms with Gasteiger partial charge in [0.2, 0.25) is 0 Å². The molecule has 1 amide bonds. The number of rotatable bonds is 2. The Morgan fingerprint density at radius 3 is 2.89 bits per heavy atom. The van der Waals surface area contributed by atoms with Crippen LogP contribution in [-0.2, 0) is 14.3 Å². The van der Waals surface area contributed by atoms with Gasteiger partial charge in [-0.3, -0.25) is 4.79 Å². The highest BCUT2D eigenvalue weighted by Gasteiger charge is 2.30. The zero-order valence-corrected chi connectivity index (χ0v) is 11.1. The maximum absolute atomic E-state index is 12.3. The van der Waals surface area contributed by atoms with E-state index in [0.717, 1.165) is 5.56 Å². The first kappa shape index (κ1) is 13.5. The summed E-state index contributed by atoms with van der Waals surface area (Å²) in [6.45, 7) is 3.00. The number of amides is 1. The first-order valence-electron chi connectivity index (χ1n) is 6.17. The lowest BCUT2D eigenvalue weighted by Gasteiger charge is -2.31. The lowest BCUT2D eigenvalue weighted by atomic mass is 10.1. The summed E-state index contributed by atoms with van der Waals surface area (Å²) in [5.41, 5.74) is 1.66. The molecule has 2 rings (SSSR count). The molecule has 1 heterocycles. The Morgan fingerprint density at radius 1 is 1.42 bits per heavy atom. The maximum atomic E-state index is 12.3. The van der Waals surface area contributed by atoms with Crippen LogP contribution < -0.4 is 0 Å². The summed E-state index contributed by atoms with van der Waals surface area (Å²) in [5, 5.41) is 0. The van der Waals surface area contributed by atoms with Crippen LogP contribution in [-0.4, -0.2) is 49.7 Å². The lowest BCUT2D eigenvalue weighted by molar-refractivity contribution is -0.158. The number of carbonyl (C=O) groups is 2. The van der Waals surface area contributed by atoms with E-state index < -0.39 is 12.1 Å². The Kier molecular flexibility index (Phi) is 4.16. The molecule has 0 radical (unpaired) electrons. The minimum Gasteiger partial charge on any atom is -0.467 e. The van der Waals surface area contributed by atoms with Crippen molar-refractivity contribution in [3.8, 4) is 0 Å². The van der Waals surface area contributed by atoms with Crippen molar-refractivity contribution < 1.29 is 19.1 Å². The molecule has 1 unspecified atom stereocenters. The number of morpholine rings is 1. The van der Waals surface area contributed by atoms with Crippen LogP contribution in [0.5, 0.6) is 0 Å². The van der Waals surface area contributed by atoms with Gasteiger partial charge in [0, 0.05) is 12.1 Å². The second-order valence-corrected chi connectivity index (χ2v) is 4.50. The fraction of sp³-hybridized carbons (Fsp3) is 0.429. The van der Waals surface area contributed by atoms with E-state index in [4.69, 9.17) is 4.74 Å². The number of nitrogens with zero attached hydrogens (tertiary/aromatic N) is 1. The Hall–Kier alpha value is -1.88. The second-order valence-electron chi connectivity index (χ2n) is 4.50. The van der Waals surface area contributed by atoms with E-state index in [1.807, 2.05) is 25.1 Å². The van der Waals surface area contributed by atoms with Gasteiger partial charge in [0.15, 0.2) is 6.10 Å². The van der Waals surface area contributed by atoms with Gasteiger partial charge in [-0.15, -0.1) is 0 Å². The Labute approximate surface area is 112 Å². The average molecular weight is 263 g/mol. The summed E-state index contributed by atoms with van der Waals surface area (Å²) in [4.78, 5) is 25.4. The molecule has 1 aromatic rings. The first-order valence-corrected chi connectivity index (χ1v) is 6.17. The number of aryl methyl sites for hydroxylation is 1. The van der Waals surface area contributed by atoms with Crippen molar-refractivity contribution in [2.75, 3.05) is 26.8 Å². The molecular formula is C14H17NO4. The largest absolute Gasteiger partial charge is 0.467 e. The number of methoxy groups -OCH3 is 1. The molecular weight excluding hydrogens is 246 g/mol. The zero-order chi connectivity index (χ0) is 13.8. The zero-order valence-electron chi connectivity index (χ0n) is 11.1. The van der Waals surface area contributed by atoms with Crippen LogP contribution in [0.1, 0.15) is 15.9 Å². The van der Waals surface area contributed by atoms with Crippen molar-refractivity contribution in [2.24, 2.45) is 0 Å². The van der Waals surface area contributed by atoms with Gasteiger partial charge < -0.3 is 14.4 Å². The number of ether oxygens (including phenoxy) is 2. The number of carbonyl (C=O) groups excluding carboxylic acids is 2. The van der Waals surface area contributed by atoms with Gasteiger partial charge in [0.25, 0.3) is 5.91 Å². The lowest BCUT2D eigenvalue weighted by Crippen LogP contribution is -2.48. The quantitative estimate of drug-likeness (QED) is 0.747. The van der Waals surface area contributed by atoms with Gasteiger partial charge in [-0.05, 0) is 19.1 Å². The van der Waals surface area contributed by atoms with Crippen molar-refractivity contribution >= 4 is 11.9 Å². The summed E-state index contributed by atoms with van der Waals surface area (Å²) in [5.74, 6) is -0.525. The van der Waals surface area contributed by atoms with Crippen molar-refractivity contribution in [1.82, 2.24) is 4.90 Å². The highest BCUT2D eigenvalue weighted by atomic mass is 16.6.